The van der Waals surface area contributed by atoms with Gasteiger partial charge in [-0.15, -0.1) is 22.7 Å². The number of nitrogens with zero attached hydrogens (tertiary/aromatic N) is 1. The first-order valence-electron chi connectivity index (χ1n) is 7.68. The van der Waals surface area contributed by atoms with Crippen LogP contribution >= 0.6 is 22.7 Å². The van der Waals surface area contributed by atoms with E-state index in [-0.39, 0.29) is 4.90 Å². The molecule has 0 amide bonds. The van der Waals surface area contributed by atoms with E-state index >= 15 is 0 Å². The number of anilines is 1. The Morgan fingerprint density at radius 2 is 2.00 bits per heavy atom. The van der Waals surface area contributed by atoms with E-state index in [2.05, 4.69) is 9.71 Å². The molecule has 0 saturated carbocycles. The summed E-state index contributed by atoms with van der Waals surface area (Å²) in [5, 5.41) is 2.89. The molecule has 0 aliphatic heterocycles. The van der Waals surface area contributed by atoms with Crippen molar-refractivity contribution in [1.82, 2.24) is 4.98 Å². The summed E-state index contributed by atoms with van der Waals surface area (Å²) in [6.07, 6.45) is 0. The van der Waals surface area contributed by atoms with Crippen LogP contribution in [0.5, 0.6) is 5.75 Å². The van der Waals surface area contributed by atoms with E-state index in [9.17, 15) is 8.42 Å². The number of sulfonamides is 1. The number of thiophene rings is 1. The lowest BCUT2D eigenvalue weighted by atomic mass is 10.3. The van der Waals surface area contributed by atoms with Crippen molar-refractivity contribution in [2.24, 2.45) is 0 Å². The van der Waals surface area contributed by atoms with Crippen LogP contribution in [0.15, 0.2) is 40.6 Å². The monoisotopic (exact) mass is 394 g/mol. The van der Waals surface area contributed by atoms with Crippen LogP contribution in [0.25, 0.3) is 10.6 Å². The van der Waals surface area contributed by atoms with Crippen LogP contribution in [0.1, 0.15) is 16.8 Å². The summed E-state index contributed by atoms with van der Waals surface area (Å²) in [6.45, 7) is 6.05. The van der Waals surface area contributed by atoms with Gasteiger partial charge in [0.25, 0.3) is 10.0 Å². The average Bonchev–Trinajstić information content (AvgIpc) is 3.15. The third kappa shape index (κ3) is 3.86. The van der Waals surface area contributed by atoms with Gasteiger partial charge < -0.3 is 4.74 Å². The molecule has 0 spiro atoms. The average molecular weight is 395 g/mol. The van der Waals surface area contributed by atoms with Gasteiger partial charge >= 0.3 is 0 Å². The van der Waals surface area contributed by atoms with Crippen molar-refractivity contribution in [1.29, 1.82) is 0 Å². The number of hydrogen-bond donors (Lipinski definition) is 1. The van der Waals surface area contributed by atoms with Gasteiger partial charge in [0.2, 0.25) is 0 Å². The highest BCUT2D eigenvalue weighted by atomic mass is 32.2. The van der Waals surface area contributed by atoms with Crippen molar-refractivity contribution >= 4 is 38.4 Å². The number of para-hydroxylation sites is 2. The fourth-order valence-electron chi connectivity index (χ4n) is 2.37. The number of rotatable bonds is 6. The first-order chi connectivity index (χ1) is 11.9. The van der Waals surface area contributed by atoms with Crippen molar-refractivity contribution in [3.63, 3.8) is 0 Å². The zero-order chi connectivity index (χ0) is 18.0. The molecule has 0 aliphatic rings. The van der Waals surface area contributed by atoms with E-state index in [1.807, 2.05) is 19.2 Å². The van der Waals surface area contributed by atoms with E-state index in [1.165, 1.54) is 11.3 Å². The Kier molecular flexibility index (Phi) is 5.12. The van der Waals surface area contributed by atoms with Gasteiger partial charge in [-0.05, 0) is 39.0 Å². The van der Waals surface area contributed by atoms with Crippen LogP contribution < -0.4 is 9.46 Å². The highest BCUT2D eigenvalue weighted by molar-refractivity contribution is 7.93. The lowest BCUT2D eigenvalue weighted by Crippen LogP contribution is -2.14. The number of hydrogen-bond acceptors (Lipinski definition) is 6. The minimum atomic E-state index is -3.71. The van der Waals surface area contributed by atoms with Crippen LogP contribution in [0.4, 0.5) is 5.69 Å². The van der Waals surface area contributed by atoms with Crippen LogP contribution in [0.3, 0.4) is 0 Å². The van der Waals surface area contributed by atoms with Crippen molar-refractivity contribution in [3.05, 3.63) is 45.6 Å². The van der Waals surface area contributed by atoms with Crippen molar-refractivity contribution in [2.45, 2.75) is 25.7 Å². The van der Waals surface area contributed by atoms with Gasteiger partial charge in [-0.1, -0.05) is 12.1 Å². The molecule has 0 atom stereocenters. The summed E-state index contributed by atoms with van der Waals surface area (Å²) in [5.74, 6) is 0.511. The first kappa shape index (κ1) is 17.9. The molecule has 2 heterocycles. The summed E-state index contributed by atoms with van der Waals surface area (Å²) in [4.78, 5) is 6.27. The topological polar surface area (TPSA) is 68.3 Å². The van der Waals surface area contributed by atoms with E-state index in [0.29, 0.717) is 18.0 Å². The molecule has 1 aromatic carbocycles. The number of aromatic nitrogens is 1. The Balaban J connectivity index is 1.94. The second-order valence-electron chi connectivity index (χ2n) is 5.32. The Labute approximate surface area is 155 Å². The van der Waals surface area contributed by atoms with Gasteiger partial charge in [0.1, 0.15) is 10.6 Å². The third-order valence-corrected chi connectivity index (χ3v) is 6.93. The van der Waals surface area contributed by atoms with Crippen molar-refractivity contribution in [3.8, 4) is 16.3 Å². The normalized spacial score (nSPS) is 11.5. The number of ether oxygens (including phenoxy) is 1. The Morgan fingerprint density at radius 1 is 1.24 bits per heavy atom. The molecule has 132 valence electrons. The molecule has 0 radical (unpaired) electrons. The molecule has 3 aromatic rings. The zero-order valence-corrected chi connectivity index (χ0v) is 16.5. The SMILES string of the molecule is CCOc1ccccc1NS(=O)(=O)c1cc(-c2csc(C)n2)sc1C. The van der Waals surface area contributed by atoms with Gasteiger partial charge in [-0.25, -0.2) is 13.4 Å². The largest absolute Gasteiger partial charge is 0.492 e. The molecule has 2 aromatic heterocycles. The molecule has 5 nitrogen and oxygen atoms in total. The lowest BCUT2D eigenvalue weighted by molar-refractivity contribution is 0.342. The predicted octanol–water partition coefficient (Wildman–Crippen LogP) is 4.69. The Morgan fingerprint density at radius 3 is 2.68 bits per heavy atom. The molecule has 0 saturated heterocycles. The van der Waals surface area contributed by atoms with E-state index < -0.39 is 10.0 Å². The van der Waals surface area contributed by atoms with E-state index in [0.717, 1.165) is 20.5 Å². The number of nitrogens with one attached hydrogen (secondary N) is 1. The molecule has 1 N–H and O–H groups in total. The molecular formula is C17H18N2O3S3. The number of benzene rings is 1. The molecule has 0 aliphatic carbocycles. The first-order valence-corrected chi connectivity index (χ1v) is 10.9. The molecule has 0 bridgehead atoms. The maximum atomic E-state index is 12.9. The van der Waals surface area contributed by atoms with Gasteiger partial charge in [-0.2, -0.15) is 0 Å². The summed E-state index contributed by atoms with van der Waals surface area (Å²) in [6, 6.07) is 8.69. The molecule has 25 heavy (non-hydrogen) atoms. The van der Waals surface area contributed by atoms with Gasteiger partial charge in [0.15, 0.2) is 0 Å². The highest BCUT2D eigenvalue weighted by Gasteiger charge is 2.22. The summed E-state index contributed by atoms with van der Waals surface area (Å²) < 4.78 is 33.8. The van der Waals surface area contributed by atoms with Crippen LogP contribution in [-0.4, -0.2) is 20.0 Å². The maximum absolute atomic E-state index is 12.9. The Bertz CT molecular complexity index is 990. The second-order valence-corrected chi connectivity index (χ2v) is 9.29. The molecule has 0 unspecified atom stereocenters. The molecule has 0 fully saturated rings. The van der Waals surface area contributed by atoms with E-state index in [1.54, 1.807) is 48.6 Å². The van der Waals surface area contributed by atoms with Crippen LogP contribution in [-0.2, 0) is 10.0 Å². The third-order valence-electron chi connectivity index (χ3n) is 3.46. The van der Waals surface area contributed by atoms with E-state index in [4.69, 9.17) is 4.74 Å². The minimum absolute atomic E-state index is 0.268. The van der Waals surface area contributed by atoms with Crippen LogP contribution in [0.2, 0.25) is 0 Å². The molecule has 8 heteroatoms. The fraction of sp³-hybridized carbons (Fsp3) is 0.235. The van der Waals surface area contributed by atoms with Gasteiger partial charge in [0.05, 0.1) is 27.9 Å². The Hall–Kier alpha value is -1.90. The summed E-state index contributed by atoms with van der Waals surface area (Å²) in [7, 11) is -3.71. The number of aryl methyl sites for hydroxylation is 2. The van der Waals surface area contributed by atoms with Crippen molar-refractivity contribution < 1.29 is 13.2 Å². The molecular weight excluding hydrogens is 376 g/mol. The van der Waals surface area contributed by atoms with Crippen molar-refractivity contribution in [2.75, 3.05) is 11.3 Å². The van der Waals surface area contributed by atoms with Crippen LogP contribution in [0, 0.1) is 13.8 Å². The minimum Gasteiger partial charge on any atom is -0.492 e. The predicted molar refractivity (Wildman–Crippen MR) is 103 cm³/mol. The fourth-order valence-corrected chi connectivity index (χ4v) is 5.68. The second kappa shape index (κ2) is 7.15. The maximum Gasteiger partial charge on any atom is 0.263 e. The molecule has 3 rings (SSSR count). The van der Waals surface area contributed by atoms with Gasteiger partial charge in [0, 0.05) is 10.3 Å². The smallest absolute Gasteiger partial charge is 0.263 e. The summed E-state index contributed by atoms with van der Waals surface area (Å²) in [5.41, 5.74) is 1.24. The summed E-state index contributed by atoms with van der Waals surface area (Å²) >= 11 is 2.97. The lowest BCUT2D eigenvalue weighted by Gasteiger charge is -2.12. The quantitative estimate of drug-likeness (QED) is 0.659. The van der Waals surface area contributed by atoms with Gasteiger partial charge in [-0.3, -0.25) is 4.72 Å². The highest BCUT2D eigenvalue weighted by Crippen LogP contribution is 2.35. The zero-order valence-electron chi connectivity index (χ0n) is 14.1. The standard InChI is InChI=1S/C17H18N2O3S3/c1-4-22-15-8-6-5-7-13(15)19-25(20,21)17-9-16(24-11(17)2)14-10-23-12(3)18-14/h5-10,19H,4H2,1-3H3. The number of thiazole rings is 1.